The number of hydrogen-bond acceptors (Lipinski definition) is 3. The van der Waals surface area contributed by atoms with Crippen LogP contribution in [0, 0.1) is 0 Å². The molecule has 0 saturated heterocycles. The molecule has 0 fully saturated rings. The number of nitrogens with zero attached hydrogens (tertiary/aromatic N) is 2. The second-order valence-electron chi connectivity index (χ2n) is 4.93. The predicted molar refractivity (Wildman–Crippen MR) is 67.9 cm³/mol. The van der Waals surface area contributed by atoms with Crippen molar-refractivity contribution >= 4 is 11.5 Å². The van der Waals surface area contributed by atoms with Crippen molar-refractivity contribution in [3.05, 3.63) is 46.7 Å². The molecule has 1 heterocycles. The molecular weight excluding hydrogens is 216 g/mol. The van der Waals surface area contributed by atoms with Gasteiger partial charge in [-0.2, -0.15) is 4.37 Å². The minimum absolute atomic E-state index is 0.104. The number of benzene rings is 1. The molecule has 0 amide bonds. The highest BCUT2D eigenvalue weighted by atomic mass is 32.1. The van der Waals surface area contributed by atoms with Gasteiger partial charge in [0.05, 0.1) is 0 Å². The van der Waals surface area contributed by atoms with E-state index in [1.807, 2.05) is 18.2 Å². The summed E-state index contributed by atoms with van der Waals surface area (Å²) in [5, 5.41) is 1.11. The van der Waals surface area contributed by atoms with E-state index < -0.39 is 0 Å². The lowest BCUT2D eigenvalue weighted by Crippen LogP contribution is -2.10. The van der Waals surface area contributed by atoms with Crippen LogP contribution in [0.3, 0.4) is 0 Å². The van der Waals surface area contributed by atoms with Crippen LogP contribution in [0.5, 0.6) is 0 Å². The van der Waals surface area contributed by atoms with Crippen LogP contribution in [-0.2, 0) is 11.8 Å². The van der Waals surface area contributed by atoms with Crippen LogP contribution in [0.1, 0.15) is 37.2 Å². The third-order valence-electron chi connectivity index (χ3n) is 2.31. The van der Waals surface area contributed by atoms with Crippen LogP contribution in [0.25, 0.3) is 0 Å². The molecule has 2 nitrogen and oxygen atoms in total. The largest absolute Gasteiger partial charge is 0.224 e. The molecule has 0 bridgehead atoms. The van der Waals surface area contributed by atoms with Gasteiger partial charge in [-0.25, -0.2) is 4.98 Å². The zero-order valence-corrected chi connectivity index (χ0v) is 10.7. The van der Waals surface area contributed by atoms with E-state index in [2.05, 4.69) is 42.3 Å². The summed E-state index contributed by atoms with van der Waals surface area (Å²) in [4.78, 5) is 4.58. The number of rotatable bonds is 2. The molecule has 3 heteroatoms. The lowest BCUT2D eigenvalue weighted by molar-refractivity contribution is 0.583. The summed E-state index contributed by atoms with van der Waals surface area (Å²) in [6, 6.07) is 10.3. The molecule has 1 aromatic carbocycles. The van der Waals surface area contributed by atoms with Crippen molar-refractivity contribution < 1.29 is 0 Å². The maximum atomic E-state index is 4.58. The van der Waals surface area contributed by atoms with Gasteiger partial charge >= 0.3 is 0 Å². The second-order valence-corrected chi connectivity index (χ2v) is 5.68. The maximum Gasteiger partial charge on any atom is 0.146 e. The van der Waals surface area contributed by atoms with E-state index in [0.29, 0.717) is 0 Å². The van der Waals surface area contributed by atoms with Crippen LogP contribution < -0.4 is 0 Å². The molecule has 0 spiro atoms. The van der Waals surface area contributed by atoms with Gasteiger partial charge in [-0.3, -0.25) is 0 Å². The molecule has 0 atom stereocenters. The third-order valence-corrected chi connectivity index (χ3v) is 3.49. The molecule has 0 aliphatic heterocycles. The van der Waals surface area contributed by atoms with Gasteiger partial charge in [0.15, 0.2) is 0 Å². The summed E-state index contributed by atoms with van der Waals surface area (Å²) in [5.74, 6) is 0.932. The standard InChI is InChI=1S/C13H16N2S/c1-13(2,3)12-14-11(15-16-12)9-10-7-5-4-6-8-10/h4-8H,9H2,1-3H3. The highest BCUT2D eigenvalue weighted by Crippen LogP contribution is 2.24. The molecule has 0 unspecified atom stereocenters. The van der Waals surface area contributed by atoms with Crippen molar-refractivity contribution in [1.29, 1.82) is 0 Å². The van der Waals surface area contributed by atoms with Crippen molar-refractivity contribution in [3.8, 4) is 0 Å². The molecule has 0 aliphatic carbocycles. The van der Waals surface area contributed by atoms with Crippen LogP contribution in [-0.4, -0.2) is 9.36 Å². The Hall–Kier alpha value is -1.22. The van der Waals surface area contributed by atoms with Crippen molar-refractivity contribution in [2.45, 2.75) is 32.6 Å². The average molecular weight is 232 g/mol. The number of hydrogen-bond donors (Lipinski definition) is 0. The smallest absolute Gasteiger partial charge is 0.146 e. The molecule has 84 valence electrons. The predicted octanol–water partition coefficient (Wildman–Crippen LogP) is 3.43. The molecule has 2 rings (SSSR count). The SMILES string of the molecule is CC(C)(C)c1nc(Cc2ccccc2)ns1. The van der Waals surface area contributed by atoms with E-state index in [1.54, 1.807) is 0 Å². The van der Waals surface area contributed by atoms with Crippen LogP contribution in [0.4, 0.5) is 0 Å². The molecule has 16 heavy (non-hydrogen) atoms. The lowest BCUT2D eigenvalue weighted by Gasteiger charge is -2.12. The first-order valence-corrected chi connectivity index (χ1v) is 6.20. The summed E-state index contributed by atoms with van der Waals surface area (Å²) in [6.45, 7) is 6.50. The summed E-state index contributed by atoms with van der Waals surface area (Å²) in [6.07, 6.45) is 0.827. The molecule has 0 radical (unpaired) electrons. The van der Waals surface area contributed by atoms with Gasteiger partial charge in [-0.05, 0) is 17.1 Å². The minimum atomic E-state index is 0.104. The fourth-order valence-electron chi connectivity index (χ4n) is 1.41. The highest BCUT2D eigenvalue weighted by molar-refractivity contribution is 7.05. The first kappa shape index (κ1) is 11.3. The third kappa shape index (κ3) is 2.67. The second kappa shape index (κ2) is 4.34. The van der Waals surface area contributed by atoms with Crippen LogP contribution in [0.2, 0.25) is 0 Å². The molecule has 1 aromatic heterocycles. The van der Waals surface area contributed by atoms with Crippen molar-refractivity contribution in [1.82, 2.24) is 9.36 Å². The van der Waals surface area contributed by atoms with Gasteiger partial charge in [0, 0.05) is 11.8 Å². The average Bonchev–Trinajstić information content (AvgIpc) is 2.67. The normalized spacial score (nSPS) is 11.7. The summed E-state index contributed by atoms with van der Waals surface area (Å²) < 4.78 is 4.41. The minimum Gasteiger partial charge on any atom is -0.224 e. The monoisotopic (exact) mass is 232 g/mol. The van der Waals surface area contributed by atoms with E-state index in [4.69, 9.17) is 0 Å². The Bertz CT molecular complexity index is 454. The van der Waals surface area contributed by atoms with Gasteiger partial charge in [-0.1, -0.05) is 51.1 Å². The molecule has 0 saturated carbocycles. The zero-order chi connectivity index (χ0) is 11.6. The Morgan fingerprint density at radius 2 is 1.81 bits per heavy atom. The maximum absolute atomic E-state index is 4.58. The Balaban J connectivity index is 2.15. The topological polar surface area (TPSA) is 25.8 Å². The summed E-state index contributed by atoms with van der Waals surface area (Å²) >= 11 is 1.51. The summed E-state index contributed by atoms with van der Waals surface area (Å²) in [7, 11) is 0. The van der Waals surface area contributed by atoms with Crippen LogP contribution >= 0.6 is 11.5 Å². The van der Waals surface area contributed by atoms with Gasteiger partial charge in [-0.15, -0.1) is 0 Å². The van der Waals surface area contributed by atoms with Crippen LogP contribution in [0.15, 0.2) is 30.3 Å². The van der Waals surface area contributed by atoms with Crippen molar-refractivity contribution in [3.63, 3.8) is 0 Å². The Kier molecular flexibility index (Phi) is 3.06. The van der Waals surface area contributed by atoms with Crippen molar-refractivity contribution in [2.24, 2.45) is 0 Å². The Morgan fingerprint density at radius 3 is 2.38 bits per heavy atom. The van der Waals surface area contributed by atoms with E-state index in [-0.39, 0.29) is 5.41 Å². The van der Waals surface area contributed by atoms with E-state index in [0.717, 1.165) is 17.3 Å². The van der Waals surface area contributed by atoms with E-state index in [1.165, 1.54) is 17.1 Å². The first-order valence-electron chi connectivity index (χ1n) is 5.43. The van der Waals surface area contributed by atoms with E-state index in [9.17, 15) is 0 Å². The van der Waals surface area contributed by atoms with Gasteiger partial charge in [0.1, 0.15) is 10.8 Å². The molecule has 0 N–H and O–H groups in total. The molecule has 0 aliphatic rings. The van der Waals surface area contributed by atoms with Gasteiger partial charge in [0.2, 0.25) is 0 Å². The summed E-state index contributed by atoms with van der Waals surface area (Å²) in [5.41, 5.74) is 1.37. The van der Waals surface area contributed by atoms with Gasteiger partial charge < -0.3 is 0 Å². The fourth-order valence-corrected chi connectivity index (χ4v) is 2.13. The molecule has 2 aromatic rings. The Labute approximate surface area is 101 Å². The Morgan fingerprint density at radius 1 is 1.12 bits per heavy atom. The quantitative estimate of drug-likeness (QED) is 0.792. The first-order chi connectivity index (χ1) is 7.55. The van der Waals surface area contributed by atoms with Gasteiger partial charge in [0.25, 0.3) is 0 Å². The zero-order valence-electron chi connectivity index (χ0n) is 9.90. The molecular formula is C13H16N2S. The fraction of sp³-hybridized carbons (Fsp3) is 0.385. The van der Waals surface area contributed by atoms with Crippen molar-refractivity contribution in [2.75, 3.05) is 0 Å². The lowest BCUT2D eigenvalue weighted by atomic mass is 9.98. The highest BCUT2D eigenvalue weighted by Gasteiger charge is 2.18. The van der Waals surface area contributed by atoms with E-state index >= 15 is 0 Å². The number of aromatic nitrogens is 2.